The van der Waals surface area contributed by atoms with Gasteiger partial charge in [0.15, 0.2) is 6.20 Å². The van der Waals surface area contributed by atoms with E-state index in [4.69, 9.17) is 11.6 Å². The van der Waals surface area contributed by atoms with E-state index in [1.807, 2.05) is 0 Å². The third kappa shape index (κ3) is 1.46. The molecule has 15 heavy (non-hydrogen) atoms. The molecular weight excluding hydrogens is 220 g/mol. The summed E-state index contributed by atoms with van der Waals surface area (Å²) in [4.78, 5) is 10.1. The Balaban J connectivity index is 2.97. The molecule has 0 spiro atoms. The van der Waals surface area contributed by atoms with Crippen molar-refractivity contribution < 1.29 is 9.65 Å². The van der Waals surface area contributed by atoms with Crippen LogP contribution in [0.25, 0.3) is 10.9 Å². The smallest absolute Gasteiger partial charge is 0.360 e. The zero-order valence-electron chi connectivity index (χ0n) is 7.38. The Kier molecular flexibility index (Phi) is 2.17. The Morgan fingerprint density at radius 3 is 2.73 bits per heavy atom. The van der Waals surface area contributed by atoms with Crippen molar-refractivity contribution in [2.24, 2.45) is 0 Å². The normalized spacial score (nSPS) is 10.5. The minimum atomic E-state index is -0.654. The summed E-state index contributed by atoms with van der Waals surface area (Å²) in [7, 11) is 0. The van der Waals surface area contributed by atoms with Gasteiger partial charge in [-0.3, -0.25) is 10.1 Å². The molecule has 0 saturated heterocycles. The lowest BCUT2D eigenvalue weighted by Crippen LogP contribution is -2.26. The van der Waals surface area contributed by atoms with Crippen LogP contribution in [0.3, 0.4) is 0 Å². The first-order chi connectivity index (χ1) is 7.11. The first-order valence-electron chi connectivity index (χ1n) is 4.06. The van der Waals surface area contributed by atoms with E-state index in [-0.39, 0.29) is 16.2 Å². The molecule has 0 fully saturated rings. The fourth-order valence-corrected chi connectivity index (χ4v) is 1.63. The molecule has 5 nitrogen and oxygen atoms in total. The van der Waals surface area contributed by atoms with Crippen LogP contribution in [-0.4, -0.2) is 4.92 Å². The molecule has 1 heterocycles. The van der Waals surface area contributed by atoms with Crippen molar-refractivity contribution in [2.45, 2.75) is 0 Å². The van der Waals surface area contributed by atoms with Crippen molar-refractivity contribution in [3.63, 3.8) is 0 Å². The highest BCUT2D eigenvalue weighted by atomic mass is 35.5. The van der Waals surface area contributed by atoms with Gasteiger partial charge in [-0.2, -0.15) is 4.73 Å². The van der Waals surface area contributed by atoms with Crippen molar-refractivity contribution in [1.82, 2.24) is 0 Å². The Hall–Kier alpha value is -1.88. The van der Waals surface area contributed by atoms with Gasteiger partial charge in [0.2, 0.25) is 0 Å². The van der Waals surface area contributed by atoms with Crippen LogP contribution < -0.4 is 4.73 Å². The third-order valence-electron chi connectivity index (χ3n) is 2.03. The number of benzene rings is 1. The molecule has 6 heteroatoms. The number of nitro groups is 1. The molecule has 0 unspecified atom stereocenters. The van der Waals surface area contributed by atoms with Crippen molar-refractivity contribution >= 4 is 28.2 Å². The molecule has 0 aliphatic carbocycles. The summed E-state index contributed by atoms with van der Waals surface area (Å²) in [5, 5.41) is 22.6. The van der Waals surface area contributed by atoms with Gasteiger partial charge < -0.3 is 5.21 Å². The molecular formula is C9H5ClN2O3. The second kappa shape index (κ2) is 3.36. The molecule has 0 N–H and O–H groups in total. The standard InChI is InChI=1S/C9H5ClN2O3/c10-7-4-3-6-2-1-5-11(13)8(6)9(7)12(14)15/h1-5H. The van der Waals surface area contributed by atoms with Crippen LogP contribution in [0.2, 0.25) is 5.02 Å². The summed E-state index contributed by atoms with van der Waals surface area (Å²) in [5.74, 6) is 0. The van der Waals surface area contributed by atoms with Crippen molar-refractivity contribution in [3.8, 4) is 0 Å². The van der Waals surface area contributed by atoms with Crippen LogP contribution in [0, 0.1) is 15.3 Å². The topological polar surface area (TPSA) is 70.1 Å². The van der Waals surface area contributed by atoms with Gasteiger partial charge in [0.05, 0.1) is 10.3 Å². The quantitative estimate of drug-likeness (QED) is 0.322. The molecule has 0 radical (unpaired) electrons. The molecule has 0 atom stereocenters. The fourth-order valence-electron chi connectivity index (χ4n) is 1.41. The van der Waals surface area contributed by atoms with E-state index < -0.39 is 4.92 Å². The Morgan fingerprint density at radius 2 is 2.07 bits per heavy atom. The van der Waals surface area contributed by atoms with E-state index in [1.54, 1.807) is 12.1 Å². The summed E-state index contributed by atoms with van der Waals surface area (Å²) < 4.78 is 0.444. The summed E-state index contributed by atoms with van der Waals surface area (Å²) in [6.07, 6.45) is 1.20. The zero-order chi connectivity index (χ0) is 11.0. The van der Waals surface area contributed by atoms with Gasteiger partial charge in [0.1, 0.15) is 5.02 Å². The van der Waals surface area contributed by atoms with E-state index in [9.17, 15) is 15.3 Å². The van der Waals surface area contributed by atoms with Gasteiger partial charge in [-0.1, -0.05) is 11.6 Å². The molecule has 2 aromatic rings. The van der Waals surface area contributed by atoms with E-state index >= 15 is 0 Å². The number of nitrogens with zero attached hydrogens (tertiary/aromatic N) is 2. The SMILES string of the molecule is O=[N+]([O-])c1c(Cl)ccc2ccc[n+]([O-])c12. The highest BCUT2D eigenvalue weighted by Gasteiger charge is 2.23. The number of pyridine rings is 1. The first-order valence-corrected chi connectivity index (χ1v) is 4.44. The molecule has 76 valence electrons. The van der Waals surface area contributed by atoms with Crippen LogP contribution in [0.4, 0.5) is 5.69 Å². The van der Waals surface area contributed by atoms with Gasteiger partial charge in [-0.25, -0.2) is 0 Å². The third-order valence-corrected chi connectivity index (χ3v) is 2.34. The highest BCUT2D eigenvalue weighted by molar-refractivity contribution is 6.33. The van der Waals surface area contributed by atoms with Crippen molar-refractivity contribution in [2.75, 3.05) is 0 Å². The average molecular weight is 225 g/mol. The number of aromatic nitrogens is 1. The lowest BCUT2D eigenvalue weighted by molar-refractivity contribution is -0.580. The molecule has 0 bridgehead atoms. The number of hydrogen-bond donors (Lipinski definition) is 0. The maximum atomic E-state index is 11.4. The van der Waals surface area contributed by atoms with E-state index in [1.165, 1.54) is 18.3 Å². The van der Waals surface area contributed by atoms with E-state index in [2.05, 4.69) is 0 Å². The minimum absolute atomic E-state index is 0.0185. The van der Waals surface area contributed by atoms with Gasteiger partial charge in [-0.15, -0.1) is 0 Å². The lowest BCUT2D eigenvalue weighted by Gasteiger charge is -2.02. The second-order valence-corrected chi connectivity index (χ2v) is 3.33. The van der Waals surface area contributed by atoms with Gasteiger partial charge in [-0.05, 0) is 18.2 Å². The van der Waals surface area contributed by atoms with Crippen molar-refractivity contribution in [1.29, 1.82) is 0 Å². The number of nitro benzene ring substituents is 1. The number of halogens is 1. The first kappa shape index (κ1) is 9.67. The number of rotatable bonds is 1. The molecule has 1 aromatic heterocycles. The summed E-state index contributed by atoms with van der Waals surface area (Å²) in [6, 6.07) is 6.11. The van der Waals surface area contributed by atoms with Crippen LogP contribution >= 0.6 is 11.6 Å². The van der Waals surface area contributed by atoms with Crippen molar-refractivity contribution in [3.05, 3.63) is 50.8 Å². The zero-order valence-corrected chi connectivity index (χ0v) is 8.14. The summed E-state index contributed by atoms with van der Waals surface area (Å²) >= 11 is 5.68. The fraction of sp³-hybridized carbons (Fsp3) is 0. The average Bonchev–Trinajstić information content (AvgIpc) is 2.18. The van der Waals surface area contributed by atoms with Crippen LogP contribution in [0.15, 0.2) is 30.5 Å². The van der Waals surface area contributed by atoms with E-state index in [0.717, 1.165) is 0 Å². The summed E-state index contributed by atoms with van der Waals surface area (Å²) in [5.41, 5.74) is -0.375. The molecule has 0 saturated carbocycles. The Bertz CT molecular complexity index is 556. The van der Waals surface area contributed by atoms with E-state index in [0.29, 0.717) is 10.1 Å². The second-order valence-electron chi connectivity index (χ2n) is 2.92. The molecule has 2 rings (SSSR count). The predicted octanol–water partition coefficient (Wildman–Crippen LogP) is 2.03. The van der Waals surface area contributed by atoms with Crippen LogP contribution in [0.1, 0.15) is 0 Å². The largest absolute Gasteiger partial charge is 0.618 e. The molecule has 1 aromatic carbocycles. The molecule has 0 amide bonds. The van der Waals surface area contributed by atoms with Gasteiger partial charge >= 0.3 is 11.2 Å². The van der Waals surface area contributed by atoms with Gasteiger partial charge in [0.25, 0.3) is 0 Å². The maximum absolute atomic E-state index is 11.4. The van der Waals surface area contributed by atoms with Gasteiger partial charge in [0, 0.05) is 6.07 Å². The number of fused-ring (bicyclic) bond motifs is 1. The highest BCUT2D eigenvalue weighted by Crippen LogP contribution is 2.30. The Morgan fingerprint density at radius 1 is 1.33 bits per heavy atom. The van der Waals surface area contributed by atoms with Crippen LogP contribution in [-0.2, 0) is 0 Å². The minimum Gasteiger partial charge on any atom is -0.618 e. The monoisotopic (exact) mass is 224 g/mol. The lowest BCUT2D eigenvalue weighted by atomic mass is 10.2. The Labute approximate surface area is 89.2 Å². The molecule has 0 aliphatic heterocycles. The summed E-state index contributed by atoms with van der Waals surface area (Å²) in [6.45, 7) is 0. The maximum Gasteiger partial charge on any atom is 0.360 e. The predicted molar refractivity (Wildman–Crippen MR) is 54.6 cm³/mol. The molecule has 0 aliphatic rings. The van der Waals surface area contributed by atoms with Crippen LogP contribution in [0.5, 0.6) is 0 Å². The number of hydrogen-bond acceptors (Lipinski definition) is 3.